The summed E-state index contributed by atoms with van der Waals surface area (Å²) in [7, 11) is 2.18. The summed E-state index contributed by atoms with van der Waals surface area (Å²) in [5.41, 5.74) is 3.29. The van der Waals surface area contributed by atoms with Crippen molar-refractivity contribution in [2.75, 3.05) is 11.9 Å². The summed E-state index contributed by atoms with van der Waals surface area (Å²) in [5.74, 6) is 1.04. The Morgan fingerprint density at radius 1 is 1.04 bits per heavy atom. The van der Waals surface area contributed by atoms with Gasteiger partial charge in [0, 0.05) is 24.8 Å². The average Bonchev–Trinajstić information content (AvgIpc) is 3.07. The lowest BCUT2D eigenvalue weighted by atomic mass is 9.94. The standard InChI is InChI=1S/C19H22N4/c1-23(15-10-6-3-7-11-15)19-17-16(14-8-4-2-5-9-14)12-20-18(17)21-13-22-19/h2,4-5,8-9,12-13,15H,3,6-7,10-11H2,1H3,(H,20,21,22). The van der Waals surface area contributed by atoms with E-state index in [1.54, 1.807) is 6.33 Å². The molecule has 23 heavy (non-hydrogen) atoms. The fourth-order valence-electron chi connectivity index (χ4n) is 3.70. The SMILES string of the molecule is CN(c1ncnc2[nH]cc(-c3ccccc3)c12)C1CCCCC1. The molecule has 1 N–H and O–H groups in total. The monoisotopic (exact) mass is 306 g/mol. The summed E-state index contributed by atoms with van der Waals surface area (Å²) in [6.45, 7) is 0. The predicted molar refractivity (Wildman–Crippen MR) is 94.6 cm³/mol. The molecule has 1 saturated carbocycles. The lowest BCUT2D eigenvalue weighted by molar-refractivity contribution is 0.426. The fourth-order valence-corrected chi connectivity index (χ4v) is 3.70. The van der Waals surface area contributed by atoms with Crippen molar-refractivity contribution in [2.24, 2.45) is 0 Å². The first-order valence-corrected chi connectivity index (χ1v) is 8.45. The molecule has 1 aromatic carbocycles. The van der Waals surface area contributed by atoms with E-state index in [0.29, 0.717) is 6.04 Å². The molecule has 0 amide bonds. The maximum Gasteiger partial charge on any atom is 0.143 e. The Morgan fingerprint density at radius 3 is 2.61 bits per heavy atom. The second kappa shape index (κ2) is 6.03. The van der Waals surface area contributed by atoms with Crippen LogP contribution in [0.3, 0.4) is 0 Å². The van der Waals surface area contributed by atoms with E-state index in [2.05, 4.69) is 51.2 Å². The van der Waals surface area contributed by atoms with Crippen molar-refractivity contribution in [3.63, 3.8) is 0 Å². The molecular formula is C19H22N4. The van der Waals surface area contributed by atoms with Gasteiger partial charge < -0.3 is 9.88 Å². The first kappa shape index (κ1) is 14.2. The lowest BCUT2D eigenvalue weighted by Crippen LogP contribution is -2.34. The summed E-state index contributed by atoms with van der Waals surface area (Å²) in [5, 5.41) is 1.13. The first-order valence-electron chi connectivity index (χ1n) is 8.45. The minimum Gasteiger partial charge on any atom is -0.356 e. The third-order valence-corrected chi connectivity index (χ3v) is 4.99. The normalized spacial score (nSPS) is 15.9. The topological polar surface area (TPSA) is 44.8 Å². The smallest absolute Gasteiger partial charge is 0.143 e. The van der Waals surface area contributed by atoms with Gasteiger partial charge in [0.05, 0.1) is 5.39 Å². The molecule has 1 aliphatic rings. The number of hydrogen-bond acceptors (Lipinski definition) is 3. The van der Waals surface area contributed by atoms with Crippen molar-refractivity contribution < 1.29 is 0 Å². The highest BCUT2D eigenvalue weighted by Gasteiger charge is 2.22. The van der Waals surface area contributed by atoms with Gasteiger partial charge in [0.25, 0.3) is 0 Å². The highest BCUT2D eigenvalue weighted by molar-refractivity contribution is 6.01. The van der Waals surface area contributed by atoms with Crippen LogP contribution in [0.4, 0.5) is 5.82 Å². The number of nitrogens with one attached hydrogen (secondary N) is 1. The summed E-state index contributed by atoms with van der Waals surface area (Å²) in [4.78, 5) is 14.7. The third-order valence-electron chi connectivity index (χ3n) is 4.99. The second-order valence-corrected chi connectivity index (χ2v) is 6.39. The quantitative estimate of drug-likeness (QED) is 0.780. The number of rotatable bonds is 3. The molecule has 2 aromatic heterocycles. The summed E-state index contributed by atoms with van der Waals surface area (Å²) in [6.07, 6.45) is 10.2. The molecule has 4 heteroatoms. The molecule has 0 bridgehead atoms. The Balaban J connectivity index is 1.82. The Hall–Kier alpha value is -2.36. The maximum absolute atomic E-state index is 4.64. The predicted octanol–water partition coefficient (Wildman–Crippen LogP) is 4.39. The second-order valence-electron chi connectivity index (χ2n) is 6.39. The number of aromatic nitrogens is 3. The van der Waals surface area contributed by atoms with Crippen molar-refractivity contribution in [1.82, 2.24) is 15.0 Å². The van der Waals surface area contributed by atoms with Crippen molar-refractivity contribution in [1.29, 1.82) is 0 Å². The van der Waals surface area contributed by atoms with E-state index in [1.807, 2.05) is 12.3 Å². The van der Waals surface area contributed by atoms with Crippen LogP contribution in [0.5, 0.6) is 0 Å². The Kier molecular flexibility index (Phi) is 3.74. The summed E-state index contributed by atoms with van der Waals surface area (Å²) < 4.78 is 0. The van der Waals surface area contributed by atoms with Crippen LogP contribution < -0.4 is 4.90 Å². The molecule has 4 rings (SSSR count). The van der Waals surface area contributed by atoms with Crippen LogP contribution in [0, 0.1) is 0 Å². The molecule has 1 fully saturated rings. The van der Waals surface area contributed by atoms with Gasteiger partial charge >= 0.3 is 0 Å². The van der Waals surface area contributed by atoms with Crippen molar-refractivity contribution >= 4 is 16.9 Å². The Bertz CT molecular complexity index is 787. The van der Waals surface area contributed by atoms with E-state index in [4.69, 9.17) is 0 Å². The van der Waals surface area contributed by atoms with Crippen molar-refractivity contribution in [2.45, 2.75) is 38.1 Å². The van der Waals surface area contributed by atoms with E-state index in [1.165, 1.54) is 43.2 Å². The van der Waals surface area contributed by atoms with Gasteiger partial charge in [-0.15, -0.1) is 0 Å². The maximum atomic E-state index is 4.64. The van der Waals surface area contributed by atoms with Gasteiger partial charge in [0.2, 0.25) is 0 Å². The average molecular weight is 306 g/mol. The zero-order chi connectivity index (χ0) is 15.6. The largest absolute Gasteiger partial charge is 0.356 e. The number of nitrogens with zero attached hydrogens (tertiary/aromatic N) is 3. The molecule has 3 aromatic rings. The molecule has 2 heterocycles. The van der Waals surface area contributed by atoms with Crippen molar-refractivity contribution in [3.8, 4) is 11.1 Å². The van der Waals surface area contributed by atoms with Crippen molar-refractivity contribution in [3.05, 3.63) is 42.9 Å². The van der Waals surface area contributed by atoms with Gasteiger partial charge in [-0.05, 0) is 18.4 Å². The minimum atomic E-state index is 0.584. The van der Waals surface area contributed by atoms with Gasteiger partial charge in [-0.1, -0.05) is 49.6 Å². The van der Waals surface area contributed by atoms with Crippen LogP contribution in [0.2, 0.25) is 0 Å². The number of aromatic amines is 1. The fraction of sp³-hybridized carbons (Fsp3) is 0.368. The van der Waals surface area contributed by atoms with Crippen LogP contribution in [-0.2, 0) is 0 Å². The molecule has 0 radical (unpaired) electrons. The summed E-state index contributed by atoms with van der Waals surface area (Å²) >= 11 is 0. The number of fused-ring (bicyclic) bond motifs is 1. The van der Waals surface area contributed by atoms with Gasteiger partial charge in [0.1, 0.15) is 17.8 Å². The van der Waals surface area contributed by atoms with Crippen LogP contribution >= 0.6 is 0 Å². The number of hydrogen-bond donors (Lipinski definition) is 1. The first-order chi connectivity index (χ1) is 11.3. The van der Waals surface area contributed by atoms with E-state index >= 15 is 0 Å². The van der Waals surface area contributed by atoms with E-state index < -0.39 is 0 Å². The third kappa shape index (κ3) is 2.58. The van der Waals surface area contributed by atoms with Gasteiger partial charge in [-0.2, -0.15) is 0 Å². The van der Waals surface area contributed by atoms with Crippen LogP contribution in [0.15, 0.2) is 42.9 Å². The Labute approximate surface area is 136 Å². The van der Waals surface area contributed by atoms with Gasteiger partial charge in [-0.25, -0.2) is 9.97 Å². The lowest BCUT2D eigenvalue weighted by Gasteiger charge is -2.32. The zero-order valence-corrected chi connectivity index (χ0v) is 13.5. The van der Waals surface area contributed by atoms with Gasteiger partial charge in [0.15, 0.2) is 0 Å². The van der Waals surface area contributed by atoms with Crippen LogP contribution in [-0.4, -0.2) is 28.0 Å². The molecule has 0 atom stereocenters. The zero-order valence-electron chi connectivity index (χ0n) is 13.5. The van der Waals surface area contributed by atoms with E-state index in [9.17, 15) is 0 Å². The molecule has 118 valence electrons. The van der Waals surface area contributed by atoms with Crippen LogP contribution in [0.1, 0.15) is 32.1 Å². The highest BCUT2D eigenvalue weighted by atomic mass is 15.2. The number of anilines is 1. The molecule has 1 aliphatic carbocycles. The molecule has 0 saturated heterocycles. The van der Waals surface area contributed by atoms with Crippen LogP contribution in [0.25, 0.3) is 22.2 Å². The summed E-state index contributed by atoms with van der Waals surface area (Å²) in [6, 6.07) is 11.1. The molecular weight excluding hydrogens is 284 g/mol. The van der Waals surface area contributed by atoms with E-state index in [-0.39, 0.29) is 0 Å². The molecule has 0 aliphatic heterocycles. The highest BCUT2D eigenvalue weighted by Crippen LogP contribution is 2.35. The Morgan fingerprint density at radius 2 is 1.83 bits per heavy atom. The number of benzene rings is 1. The molecule has 0 spiro atoms. The van der Waals surface area contributed by atoms with E-state index in [0.717, 1.165) is 16.9 Å². The van der Waals surface area contributed by atoms with Gasteiger partial charge in [-0.3, -0.25) is 0 Å². The number of H-pyrrole nitrogens is 1. The molecule has 0 unspecified atom stereocenters. The molecule has 4 nitrogen and oxygen atoms in total. The minimum absolute atomic E-state index is 0.584.